The fraction of sp³-hybridized carbons (Fsp3) is 0.533. The second-order valence-electron chi connectivity index (χ2n) is 5.71. The van der Waals surface area contributed by atoms with Crippen molar-refractivity contribution in [1.29, 1.82) is 0 Å². The Kier molecular flexibility index (Phi) is 3.67. The summed E-state index contributed by atoms with van der Waals surface area (Å²) in [6.07, 6.45) is 7.14. The normalized spacial score (nSPS) is 19.3. The molecular formula is C15H21N5. The zero-order valence-electron chi connectivity index (χ0n) is 12.1. The molecule has 0 amide bonds. The quantitative estimate of drug-likeness (QED) is 0.930. The van der Waals surface area contributed by atoms with Crippen LogP contribution in [0, 0.1) is 19.8 Å². The fourth-order valence-electron chi connectivity index (χ4n) is 2.92. The average Bonchev–Trinajstić information content (AvgIpc) is 2.85. The summed E-state index contributed by atoms with van der Waals surface area (Å²) in [6, 6.07) is 2.07. The highest BCUT2D eigenvalue weighted by Gasteiger charge is 2.22. The van der Waals surface area contributed by atoms with Gasteiger partial charge in [0.15, 0.2) is 0 Å². The van der Waals surface area contributed by atoms with Gasteiger partial charge in [0.25, 0.3) is 0 Å². The zero-order chi connectivity index (χ0) is 13.9. The Hall–Kier alpha value is -1.91. The van der Waals surface area contributed by atoms with Crippen LogP contribution in [-0.2, 0) is 6.42 Å². The molecule has 1 aliphatic rings. The molecule has 20 heavy (non-hydrogen) atoms. The van der Waals surface area contributed by atoms with Crippen molar-refractivity contribution in [2.24, 2.45) is 5.92 Å². The summed E-state index contributed by atoms with van der Waals surface area (Å²) in [6.45, 7) is 6.29. The minimum Gasteiger partial charge on any atom is -0.356 e. The van der Waals surface area contributed by atoms with Gasteiger partial charge in [0, 0.05) is 30.5 Å². The van der Waals surface area contributed by atoms with Crippen LogP contribution >= 0.6 is 0 Å². The summed E-state index contributed by atoms with van der Waals surface area (Å²) in [4.78, 5) is 11.0. The molecule has 2 aromatic heterocycles. The van der Waals surface area contributed by atoms with Crippen LogP contribution in [0.5, 0.6) is 0 Å². The molecule has 0 bridgehead atoms. The second kappa shape index (κ2) is 5.61. The van der Waals surface area contributed by atoms with E-state index in [2.05, 4.69) is 38.1 Å². The number of anilines is 1. The van der Waals surface area contributed by atoms with Crippen LogP contribution in [0.3, 0.4) is 0 Å². The van der Waals surface area contributed by atoms with Crippen LogP contribution in [0.15, 0.2) is 18.6 Å². The molecule has 3 heterocycles. The van der Waals surface area contributed by atoms with Crippen LogP contribution in [0.2, 0.25) is 0 Å². The van der Waals surface area contributed by atoms with Crippen molar-refractivity contribution in [2.75, 3.05) is 18.0 Å². The smallest absolute Gasteiger partial charge is 0.132 e. The Morgan fingerprint density at radius 2 is 2.25 bits per heavy atom. The van der Waals surface area contributed by atoms with Crippen LogP contribution < -0.4 is 4.90 Å². The van der Waals surface area contributed by atoms with Crippen LogP contribution in [0.25, 0.3) is 0 Å². The lowest BCUT2D eigenvalue weighted by molar-refractivity contribution is 0.407. The van der Waals surface area contributed by atoms with E-state index in [9.17, 15) is 0 Å². The maximum Gasteiger partial charge on any atom is 0.132 e. The third kappa shape index (κ3) is 2.81. The van der Waals surface area contributed by atoms with Gasteiger partial charge in [-0.1, -0.05) is 0 Å². The molecule has 1 atom stereocenters. The van der Waals surface area contributed by atoms with Crippen LogP contribution in [0.4, 0.5) is 5.82 Å². The number of rotatable bonds is 3. The number of nitrogens with one attached hydrogen (secondary N) is 1. The summed E-state index contributed by atoms with van der Waals surface area (Å²) in [5.74, 6) is 1.72. The largest absolute Gasteiger partial charge is 0.356 e. The van der Waals surface area contributed by atoms with E-state index in [1.54, 1.807) is 6.33 Å². The van der Waals surface area contributed by atoms with Gasteiger partial charge in [-0.3, -0.25) is 5.10 Å². The molecular weight excluding hydrogens is 250 g/mol. The second-order valence-corrected chi connectivity index (χ2v) is 5.71. The standard InChI is InChI=1S/C15H21N5/c1-11-8-18-19-14(11)7-13-4-3-5-20(9-13)15-6-12(2)16-10-17-15/h6,8,10,13H,3-5,7,9H2,1-2H3,(H,18,19)/t13-/m0/s1. The summed E-state index contributed by atoms with van der Waals surface area (Å²) in [7, 11) is 0. The number of H-pyrrole nitrogens is 1. The average molecular weight is 271 g/mol. The van der Waals surface area contributed by atoms with Crippen molar-refractivity contribution in [3.63, 3.8) is 0 Å². The molecule has 1 aliphatic heterocycles. The molecule has 1 N–H and O–H groups in total. The number of aryl methyl sites for hydroxylation is 2. The molecule has 0 radical (unpaired) electrons. The molecule has 106 valence electrons. The Labute approximate surface area is 119 Å². The monoisotopic (exact) mass is 271 g/mol. The first-order valence-electron chi connectivity index (χ1n) is 7.25. The van der Waals surface area contributed by atoms with Crippen LogP contribution in [0.1, 0.15) is 29.8 Å². The Morgan fingerprint density at radius 1 is 1.35 bits per heavy atom. The highest BCUT2D eigenvalue weighted by atomic mass is 15.2. The third-order valence-corrected chi connectivity index (χ3v) is 4.06. The van der Waals surface area contributed by atoms with Crippen LogP contribution in [-0.4, -0.2) is 33.3 Å². The Balaban J connectivity index is 1.69. The summed E-state index contributed by atoms with van der Waals surface area (Å²) in [5.41, 5.74) is 3.57. The van der Waals surface area contributed by atoms with Crippen molar-refractivity contribution in [2.45, 2.75) is 33.1 Å². The van der Waals surface area contributed by atoms with Gasteiger partial charge in [-0.25, -0.2) is 9.97 Å². The molecule has 0 saturated carbocycles. The lowest BCUT2D eigenvalue weighted by Crippen LogP contribution is -2.37. The van der Waals surface area contributed by atoms with Crippen molar-refractivity contribution in [3.05, 3.63) is 35.5 Å². The molecule has 1 fully saturated rings. The van der Waals surface area contributed by atoms with Crippen molar-refractivity contribution < 1.29 is 0 Å². The molecule has 3 rings (SSSR count). The molecule has 0 spiro atoms. The van der Waals surface area contributed by atoms with Gasteiger partial charge in [-0.05, 0) is 44.6 Å². The summed E-state index contributed by atoms with van der Waals surface area (Å²) < 4.78 is 0. The van der Waals surface area contributed by atoms with E-state index in [-0.39, 0.29) is 0 Å². The van der Waals surface area contributed by atoms with E-state index in [1.807, 2.05) is 13.1 Å². The van der Waals surface area contributed by atoms with Gasteiger partial charge >= 0.3 is 0 Å². The lowest BCUT2D eigenvalue weighted by atomic mass is 9.92. The van der Waals surface area contributed by atoms with Crippen molar-refractivity contribution >= 4 is 5.82 Å². The predicted molar refractivity (Wildman–Crippen MR) is 78.7 cm³/mol. The van der Waals surface area contributed by atoms with E-state index in [0.717, 1.165) is 31.0 Å². The van der Waals surface area contributed by atoms with Crippen molar-refractivity contribution in [1.82, 2.24) is 20.2 Å². The first-order chi connectivity index (χ1) is 9.72. The van der Waals surface area contributed by atoms with E-state index < -0.39 is 0 Å². The third-order valence-electron chi connectivity index (χ3n) is 4.06. The predicted octanol–water partition coefficient (Wildman–Crippen LogP) is 2.28. The molecule has 0 unspecified atom stereocenters. The molecule has 2 aromatic rings. The number of hydrogen-bond donors (Lipinski definition) is 1. The minimum atomic E-state index is 0.665. The zero-order valence-corrected chi connectivity index (χ0v) is 12.1. The lowest BCUT2D eigenvalue weighted by Gasteiger charge is -2.33. The van der Waals surface area contributed by atoms with E-state index >= 15 is 0 Å². The van der Waals surface area contributed by atoms with E-state index in [4.69, 9.17) is 0 Å². The maximum atomic E-state index is 4.41. The SMILES string of the molecule is Cc1cc(N2CCC[C@@H](Cc3[nH]ncc3C)C2)ncn1. The first-order valence-corrected chi connectivity index (χ1v) is 7.25. The van der Waals surface area contributed by atoms with E-state index in [0.29, 0.717) is 5.92 Å². The molecule has 0 aliphatic carbocycles. The minimum absolute atomic E-state index is 0.665. The molecule has 5 nitrogen and oxygen atoms in total. The number of aromatic nitrogens is 4. The van der Waals surface area contributed by atoms with Gasteiger partial charge in [-0.2, -0.15) is 5.10 Å². The first kappa shape index (κ1) is 13.1. The Bertz CT molecular complexity index is 577. The maximum absolute atomic E-state index is 4.41. The highest BCUT2D eigenvalue weighted by Crippen LogP contribution is 2.24. The van der Waals surface area contributed by atoms with Gasteiger partial charge in [0.1, 0.15) is 12.1 Å². The van der Waals surface area contributed by atoms with Gasteiger partial charge in [0.05, 0.1) is 6.20 Å². The fourth-order valence-corrected chi connectivity index (χ4v) is 2.92. The highest BCUT2D eigenvalue weighted by molar-refractivity contribution is 5.39. The van der Waals surface area contributed by atoms with Crippen molar-refractivity contribution in [3.8, 4) is 0 Å². The van der Waals surface area contributed by atoms with Gasteiger partial charge in [-0.15, -0.1) is 0 Å². The summed E-state index contributed by atoms with van der Waals surface area (Å²) in [5, 5.41) is 7.24. The van der Waals surface area contributed by atoms with Gasteiger partial charge in [0.2, 0.25) is 0 Å². The number of piperidine rings is 1. The number of aromatic amines is 1. The Morgan fingerprint density at radius 3 is 3.00 bits per heavy atom. The molecule has 0 aromatic carbocycles. The molecule has 5 heteroatoms. The number of nitrogens with zero attached hydrogens (tertiary/aromatic N) is 4. The van der Waals surface area contributed by atoms with Gasteiger partial charge < -0.3 is 4.90 Å². The molecule has 1 saturated heterocycles. The van der Waals surface area contributed by atoms with E-state index in [1.165, 1.54) is 24.1 Å². The number of hydrogen-bond acceptors (Lipinski definition) is 4. The summed E-state index contributed by atoms with van der Waals surface area (Å²) >= 11 is 0. The topological polar surface area (TPSA) is 57.7 Å².